The molecule has 5 nitrogen and oxygen atoms in total. The second kappa shape index (κ2) is 6.75. The van der Waals surface area contributed by atoms with Gasteiger partial charge in [0.15, 0.2) is 0 Å². The van der Waals surface area contributed by atoms with Gasteiger partial charge in [-0.2, -0.15) is 0 Å². The molecule has 0 aliphatic carbocycles. The number of benzene rings is 1. The van der Waals surface area contributed by atoms with E-state index in [-0.39, 0.29) is 10.6 Å². The van der Waals surface area contributed by atoms with Crippen LogP contribution in [0.5, 0.6) is 0 Å². The fourth-order valence-electron chi connectivity index (χ4n) is 2.00. The Balaban J connectivity index is 2.12. The molecule has 0 aliphatic heterocycles. The average molecular weight is 319 g/mol. The van der Waals surface area contributed by atoms with Crippen molar-refractivity contribution < 1.29 is 5.21 Å². The molecular formula is C16H19ClN4O. The third kappa shape index (κ3) is 3.95. The molecule has 0 spiro atoms. The molecule has 1 aromatic heterocycles. The summed E-state index contributed by atoms with van der Waals surface area (Å²) >= 11 is 5.97. The molecule has 22 heavy (non-hydrogen) atoms. The summed E-state index contributed by atoms with van der Waals surface area (Å²) in [6, 6.07) is 8.41. The Kier molecular flexibility index (Phi) is 4.98. The van der Waals surface area contributed by atoms with Gasteiger partial charge in [0.2, 0.25) is 0 Å². The van der Waals surface area contributed by atoms with E-state index in [1.807, 2.05) is 0 Å². The molecule has 0 aliphatic rings. The number of oxime groups is 1. The van der Waals surface area contributed by atoms with Crippen molar-refractivity contribution in [3.8, 4) is 0 Å². The van der Waals surface area contributed by atoms with E-state index in [1.54, 1.807) is 0 Å². The van der Waals surface area contributed by atoms with Gasteiger partial charge >= 0.3 is 0 Å². The van der Waals surface area contributed by atoms with E-state index in [4.69, 9.17) is 16.8 Å². The van der Waals surface area contributed by atoms with Crippen molar-refractivity contribution in [1.29, 1.82) is 0 Å². The van der Waals surface area contributed by atoms with Crippen LogP contribution in [-0.2, 0) is 12.0 Å². The van der Waals surface area contributed by atoms with Crippen molar-refractivity contribution in [2.45, 2.75) is 32.7 Å². The summed E-state index contributed by atoms with van der Waals surface area (Å²) in [4.78, 5) is 7.98. The Morgan fingerprint density at radius 2 is 1.91 bits per heavy atom. The van der Waals surface area contributed by atoms with Gasteiger partial charge in [-0.3, -0.25) is 0 Å². The number of nitrogens with zero attached hydrogens (tertiary/aromatic N) is 3. The smallest absolute Gasteiger partial charge is 0.143 e. The third-order valence-corrected chi connectivity index (χ3v) is 3.60. The number of hydrogen-bond acceptors (Lipinski definition) is 5. The zero-order valence-electron chi connectivity index (χ0n) is 12.8. The lowest BCUT2D eigenvalue weighted by atomic mass is 9.87. The predicted octanol–water partition coefficient (Wildman–Crippen LogP) is 3.85. The van der Waals surface area contributed by atoms with E-state index in [0.717, 1.165) is 5.56 Å². The number of nitrogens with one attached hydrogen (secondary N) is 1. The second-order valence-corrected chi connectivity index (χ2v) is 6.33. The van der Waals surface area contributed by atoms with Crippen molar-refractivity contribution in [3.63, 3.8) is 0 Å². The van der Waals surface area contributed by atoms with E-state index >= 15 is 0 Å². The van der Waals surface area contributed by atoms with Crippen LogP contribution in [0, 0.1) is 0 Å². The Morgan fingerprint density at radius 3 is 2.50 bits per heavy atom. The van der Waals surface area contributed by atoms with Crippen LogP contribution in [0.4, 0.5) is 5.82 Å². The zero-order valence-corrected chi connectivity index (χ0v) is 13.6. The molecule has 2 N–H and O–H groups in total. The molecule has 0 saturated heterocycles. The van der Waals surface area contributed by atoms with Crippen molar-refractivity contribution in [2.24, 2.45) is 5.16 Å². The summed E-state index contributed by atoms with van der Waals surface area (Å²) in [5, 5.41) is 15.1. The van der Waals surface area contributed by atoms with Crippen LogP contribution in [0.1, 0.15) is 37.5 Å². The van der Waals surface area contributed by atoms with E-state index in [1.165, 1.54) is 18.1 Å². The maximum absolute atomic E-state index is 8.69. The molecule has 0 unspecified atom stereocenters. The van der Waals surface area contributed by atoms with Gasteiger partial charge in [0.1, 0.15) is 17.3 Å². The summed E-state index contributed by atoms with van der Waals surface area (Å²) in [7, 11) is 0. The lowest BCUT2D eigenvalue weighted by Gasteiger charge is -2.19. The quantitative estimate of drug-likeness (QED) is 0.389. The van der Waals surface area contributed by atoms with Crippen LogP contribution in [0.3, 0.4) is 0 Å². The number of halogens is 1. The first-order valence-electron chi connectivity index (χ1n) is 6.93. The van der Waals surface area contributed by atoms with Crippen LogP contribution < -0.4 is 5.32 Å². The molecule has 0 radical (unpaired) electrons. The molecule has 6 heteroatoms. The fourth-order valence-corrected chi connectivity index (χ4v) is 2.18. The Hall–Kier alpha value is -2.14. The van der Waals surface area contributed by atoms with Crippen molar-refractivity contribution in [3.05, 3.63) is 52.4 Å². The van der Waals surface area contributed by atoms with Crippen LogP contribution in [-0.4, -0.2) is 21.4 Å². The lowest BCUT2D eigenvalue weighted by molar-refractivity contribution is 0.322. The minimum atomic E-state index is 0.136. The average Bonchev–Trinajstić information content (AvgIpc) is 2.47. The second-order valence-electron chi connectivity index (χ2n) is 5.97. The van der Waals surface area contributed by atoms with Crippen molar-refractivity contribution in [2.75, 3.05) is 5.32 Å². The number of anilines is 1. The summed E-state index contributed by atoms with van der Waals surface area (Å²) in [5.74, 6) is 0.526. The van der Waals surface area contributed by atoms with Gasteiger partial charge in [-0.05, 0) is 16.5 Å². The number of aromatic nitrogens is 2. The highest BCUT2D eigenvalue weighted by atomic mass is 35.5. The monoisotopic (exact) mass is 318 g/mol. The summed E-state index contributed by atoms with van der Waals surface area (Å²) in [6.45, 7) is 7.14. The van der Waals surface area contributed by atoms with Crippen molar-refractivity contribution in [1.82, 2.24) is 9.97 Å². The van der Waals surface area contributed by atoms with Crippen LogP contribution in [0.2, 0.25) is 5.15 Å². The first kappa shape index (κ1) is 16.2. The fraction of sp³-hybridized carbons (Fsp3) is 0.312. The van der Waals surface area contributed by atoms with Crippen LogP contribution in [0.15, 0.2) is 35.7 Å². The van der Waals surface area contributed by atoms with Gasteiger partial charge < -0.3 is 10.5 Å². The molecule has 0 saturated carbocycles. The van der Waals surface area contributed by atoms with Crippen LogP contribution >= 0.6 is 11.6 Å². The molecule has 2 rings (SSSR count). The first-order valence-corrected chi connectivity index (χ1v) is 7.31. The first-order chi connectivity index (χ1) is 10.4. The van der Waals surface area contributed by atoms with Gasteiger partial charge in [-0.15, -0.1) is 0 Å². The minimum absolute atomic E-state index is 0.136. The van der Waals surface area contributed by atoms with Crippen LogP contribution in [0.25, 0.3) is 0 Å². The summed E-state index contributed by atoms with van der Waals surface area (Å²) < 4.78 is 0. The number of hydrogen-bond donors (Lipinski definition) is 2. The van der Waals surface area contributed by atoms with E-state index in [2.05, 4.69) is 65.5 Å². The van der Waals surface area contributed by atoms with Gasteiger partial charge in [0, 0.05) is 6.54 Å². The molecule has 116 valence electrons. The predicted molar refractivity (Wildman–Crippen MR) is 88.9 cm³/mol. The summed E-state index contributed by atoms with van der Waals surface area (Å²) in [6.07, 6.45) is 2.58. The number of rotatable bonds is 4. The standard InChI is InChI=1S/C16H19ClN4O/c1-16(2,3)12-6-4-11(5-7-12)8-18-15-13(9-21-22)14(17)19-10-20-15/h4-7,9-10,22H,8H2,1-3H3,(H,18,19,20)/b21-9-. The molecule has 0 amide bonds. The van der Waals surface area contributed by atoms with E-state index in [9.17, 15) is 0 Å². The zero-order chi connectivity index (χ0) is 16.2. The molecule has 0 fully saturated rings. The van der Waals surface area contributed by atoms with Gasteiger partial charge in [-0.1, -0.05) is 61.8 Å². The normalized spacial score (nSPS) is 11.8. The Bertz CT molecular complexity index is 663. The molecule has 1 heterocycles. The highest BCUT2D eigenvalue weighted by molar-refractivity contribution is 6.32. The molecule has 0 bridgehead atoms. The SMILES string of the molecule is CC(C)(C)c1ccc(CNc2ncnc(Cl)c2/C=N\O)cc1. The van der Waals surface area contributed by atoms with Crippen molar-refractivity contribution >= 4 is 23.6 Å². The van der Waals surface area contributed by atoms with E-state index in [0.29, 0.717) is 17.9 Å². The molecule has 1 aromatic carbocycles. The lowest BCUT2D eigenvalue weighted by Crippen LogP contribution is -2.11. The molecular weight excluding hydrogens is 300 g/mol. The highest BCUT2D eigenvalue weighted by Gasteiger charge is 2.13. The van der Waals surface area contributed by atoms with Gasteiger partial charge in [-0.25, -0.2) is 9.97 Å². The Labute approximate surface area is 135 Å². The topological polar surface area (TPSA) is 70.4 Å². The summed E-state index contributed by atoms with van der Waals surface area (Å²) in [5.41, 5.74) is 3.00. The minimum Gasteiger partial charge on any atom is -0.411 e. The molecule has 0 atom stereocenters. The van der Waals surface area contributed by atoms with Gasteiger partial charge in [0.05, 0.1) is 11.8 Å². The van der Waals surface area contributed by atoms with Gasteiger partial charge in [0.25, 0.3) is 0 Å². The maximum atomic E-state index is 8.69. The largest absolute Gasteiger partial charge is 0.411 e. The highest BCUT2D eigenvalue weighted by Crippen LogP contribution is 2.23. The Morgan fingerprint density at radius 1 is 1.23 bits per heavy atom. The maximum Gasteiger partial charge on any atom is 0.143 e. The van der Waals surface area contributed by atoms with E-state index < -0.39 is 0 Å². The molecule has 2 aromatic rings. The third-order valence-electron chi connectivity index (χ3n) is 3.30.